The molecule has 0 atom stereocenters. The van der Waals surface area contributed by atoms with Crippen LogP contribution in [0.4, 0.5) is 5.82 Å². The molecule has 2 aromatic heterocycles. The lowest BCUT2D eigenvalue weighted by Gasteiger charge is -2.14. The van der Waals surface area contributed by atoms with Gasteiger partial charge in [0.1, 0.15) is 0 Å². The van der Waals surface area contributed by atoms with Crippen LogP contribution in [0.15, 0.2) is 101 Å². The van der Waals surface area contributed by atoms with Crippen LogP contribution >= 0.6 is 0 Å². The molecule has 0 aliphatic rings. The van der Waals surface area contributed by atoms with Crippen LogP contribution in [0.1, 0.15) is 16.7 Å². The molecule has 1 N–H and O–H groups in total. The number of benzene rings is 3. The molecule has 0 aliphatic carbocycles. The summed E-state index contributed by atoms with van der Waals surface area (Å²) in [6.07, 6.45) is 3.29. The van der Waals surface area contributed by atoms with E-state index in [0.29, 0.717) is 34.4 Å². The normalized spacial score (nSPS) is 11.4. The minimum absolute atomic E-state index is 0.152. The van der Waals surface area contributed by atoms with E-state index in [0.717, 1.165) is 11.1 Å². The smallest absolute Gasteiger partial charge is 0.265 e. The van der Waals surface area contributed by atoms with Crippen molar-refractivity contribution < 1.29 is 5.11 Å². The Labute approximate surface area is 190 Å². The van der Waals surface area contributed by atoms with Gasteiger partial charge in [-0.3, -0.25) is 4.79 Å². The second-order valence-electron chi connectivity index (χ2n) is 7.85. The third-order valence-electron chi connectivity index (χ3n) is 5.59. The van der Waals surface area contributed by atoms with Gasteiger partial charge >= 0.3 is 0 Å². The molecule has 0 amide bonds. The summed E-state index contributed by atoms with van der Waals surface area (Å²) in [5.74, 6) is 0.496. The van der Waals surface area contributed by atoms with Crippen LogP contribution in [0.2, 0.25) is 0 Å². The fourth-order valence-corrected chi connectivity index (χ4v) is 3.87. The molecule has 5 aromatic rings. The Kier molecular flexibility index (Phi) is 5.32. The molecule has 0 spiro atoms. The first-order valence-corrected chi connectivity index (χ1v) is 10.7. The van der Waals surface area contributed by atoms with Gasteiger partial charge in [-0.05, 0) is 30.7 Å². The predicted octanol–water partition coefficient (Wildman–Crippen LogP) is 5.00. The zero-order valence-corrected chi connectivity index (χ0v) is 18.1. The molecular weight excluding hydrogens is 412 g/mol. The van der Waals surface area contributed by atoms with Gasteiger partial charge in [-0.15, -0.1) is 0 Å². The van der Waals surface area contributed by atoms with Crippen LogP contribution in [-0.4, -0.2) is 25.7 Å². The van der Waals surface area contributed by atoms with Crippen molar-refractivity contribution in [1.29, 1.82) is 0 Å². The van der Waals surface area contributed by atoms with Gasteiger partial charge < -0.3 is 5.11 Å². The second kappa shape index (κ2) is 8.59. The molecule has 0 bridgehead atoms. The molecule has 0 fully saturated rings. The van der Waals surface area contributed by atoms with Crippen LogP contribution in [0.25, 0.3) is 16.5 Å². The first-order valence-electron chi connectivity index (χ1n) is 10.7. The highest BCUT2D eigenvalue weighted by atomic mass is 16.3. The summed E-state index contributed by atoms with van der Waals surface area (Å²) in [5.41, 5.74) is 2.97. The van der Waals surface area contributed by atoms with Crippen LogP contribution in [-0.2, 0) is 6.54 Å². The summed E-state index contributed by atoms with van der Waals surface area (Å²) in [6, 6.07) is 26.5. The van der Waals surface area contributed by atoms with Gasteiger partial charge in [-0.1, -0.05) is 66.2 Å². The zero-order valence-electron chi connectivity index (χ0n) is 18.1. The molecule has 0 aliphatic heterocycles. The third-order valence-corrected chi connectivity index (χ3v) is 5.59. The molecule has 3 aromatic carbocycles. The minimum atomic E-state index is -0.279. The Bertz CT molecular complexity index is 1510. The van der Waals surface area contributed by atoms with Crippen molar-refractivity contribution in [2.45, 2.75) is 13.5 Å². The molecule has 0 radical (unpaired) electrons. The van der Waals surface area contributed by atoms with Crippen LogP contribution in [0.3, 0.4) is 0 Å². The Morgan fingerprint density at radius 3 is 2.36 bits per heavy atom. The summed E-state index contributed by atoms with van der Waals surface area (Å²) < 4.78 is 3.12. The van der Waals surface area contributed by atoms with E-state index in [1.54, 1.807) is 23.2 Å². The van der Waals surface area contributed by atoms with Crippen molar-refractivity contribution >= 4 is 22.8 Å². The highest BCUT2D eigenvalue weighted by molar-refractivity contribution is 6.02. The maximum atomic E-state index is 13.2. The number of aromatic hydroxyl groups is 1. The van der Waals surface area contributed by atoms with E-state index < -0.39 is 0 Å². The molecule has 6 nitrogen and oxygen atoms in total. The van der Waals surface area contributed by atoms with E-state index in [1.807, 2.05) is 85.8 Å². The van der Waals surface area contributed by atoms with Crippen molar-refractivity contribution in [2.24, 2.45) is 4.99 Å². The highest BCUT2D eigenvalue weighted by Crippen LogP contribution is 2.27. The Morgan fingerprint density at radius 2 is 1.61 bits per heavy atom. The number of rotatable bonds is 5. The number of aliphatic imine (C=N–C) groups is 1. The SMILES string of the molecule is Cc1ccc(-n2c(O)c(C=Nc3ccnn3Cc3ccccc3)c3ccccc3c2=O)cc1. The van der Waals surface area contributed by atoms with E-state index in [2.05, 4.69) is 10.1 Å². The standard InChI is InChI=1S/C27H22N4O2/c1-19-11-13-21(14-12-19)31-26(32)23-10-6-5-9-22(23)24(27(31)33)17-28-25-15-16-29-30(25)18-20-7-3-2-4-8-20/h2-17,33H,18H2,1H3. The van der Waals surface area contributed by atoms with Gasteiger partial charge in [-0.2, -0.15) is 5.10 Å². The molecule has 162 valence electrons. The summed E-state index contributed by atoms with van der Waals surface area (Å²) in [5, 5.41) is 16.7. The Hall–Kier alpha value is -4.45. The molecule has 5 rings (SSSR count). The summed E-state index contributed by atoms with van der Waals surface area (Å²) >= 11 is 0. The molecule has 0 saturated carbocycles. The minimum Gasteiger partial charge on any atom is -0.494 e. The summed E-state index contributed by atoms with van der Waals surface area (Å²) in [4.78, 5) is 17.8. The lowest BCUT2D eigenvalue weighted by atomic mass is 10.1. The van der Waals surface area contributed by atoms with E-state index in [-0.39, 0.29) is 11.4 Å². The zero-order chi connectivity index (χ0) is 22.8. The maximum absolute atomic E-state index is 13.2. The summed E-state index contributed by atoms with van der Waals surface area (Å²) in [7, 11) is 0. The predicted molar refractivity (Wildman–Crippen MR) is 131 cm³/mol. The van der Waals surface area contributed by atoms with Crippen molar-refractivity contribution in [2.75, 3.05) is 0 Å². The number of fused-ring (bicyclic) bond motifs is 1. The lowest BCUT2D eigenvalue weighted by Crippen LogP contribution is -2.20. The van der Waals surface area contributed by atoms with Crippen molar-refractivity contribution in [1.82, 2.24) is 14.3 Å². The van der Waals surface area contributed by atoms with Crippen molar-refractivity contribution in [3.8, 4) is 11.6 Å². The Balaban J connectivity index is 1.62. The maximum Gasteiger partial charge on any atom is 0.265 e. The lowest BCUT2D eigenvalue weighted by molar-refractivity contribution is 0.436. The van der Waals surface area contributed by atoms with E-state index in [4.69, 9.17) is 0 Å². The monoisotopic (exact) mass is 434 g/mol. The van der Waals surface area contributed by atoms with E-state index >= 15 is 0 Å². The van der Waals surface area contributed by atoms with Crippen LogP contribution in [0, 0.1) is 6.92 Å². The number of hydrogen-bond donors (Lipinski definition) is 1. The highest BCUT2D eigenvalue weighted by Gasteiger charge is 2.16. The number of pyridine rings is 1. The Morgan fingerprint density at radius 1 is 0.909 bits per heavy atom. The van der Waals surface area contributed by atoms with Crippen LogP contribution in [0.5, 0.6) is 5.88 Å². The number of aryl methyl sites for hydroxylation is 1. The summed E-state index contributed by atoms with van der Waals surface area (Å²) in [6.45, 7) is 2.56. The van der Waals surface area contributed by atoms with E-state index in [9.17, 15) is 9.90 Å². The fourth-order valence-electron chi connectivity index (χ4n) is 3.87. The topological polar surface area (TPSA) is 72.4 Å². The van der Waals surface area contributed by atoms with Gasteiger partial charge in [0.2, 0.25) is 5.88 Å². The fraction of sp³-hybridized carbons (Fsp3) is 0.0741. The van der Waals surface area contributed by atoms with Gasteiger partial charge in [0.05, 0.1) is 24.0 Å². The van der Waals surface area contributed by atoms with E-state index in [1.165, 1.54) is 4.57 Å². The molecular formula is C27H22N4O2. The van der Waals surface area contributed by atoms with Gasteiger partial charge in [0, 0.05) is 23.1 Å². The van der Waals surface area contributed by atoms with Crippen molar-refractivity contribution in [3.63, 3.8) is 0 Å². The number of nitrogens with zero attached hydrogens (tertiary/aromatic N) is 4. The van der Waals surface area contributed by atoms with Gasteiger partial charge in [-0.25, -0.2) is 14.2 Å². The number of hydrogen-bond acceptors (Lipinski definition) is 4. The molecule has 6 heteroatoms. The van der Waals surface area contributed by atoms with Crippen LogP contribution < -0.4 is 5.56 Å². The largest absolute Gasteiger partial charge is 0.494 e. The third kappa shape index (κ3) is 3.94. The molecule has 0 unspecified atom stereocenters. The first kappa shape index (κ1) is 20.5. The average molecular weight is 434 g/mol. The molecule has 33 heavy (non-hydrogen) atoms. The first-order chi connectivity index (χ1) is 16.1. The van der Waals surface area contributed by atoms with Gasteiger partial charge in [0.15, 0.2) is 5.82 Å². The second-order valence-corrected chi connectivity index (χ2v) is 7.85. The number of aromatic nitrogens is 3. The molecule has 0 saturated heterocycles. The molecule has 2 heterocycles. The van der Waals surface area contributed by atoms with Gasteiger partial charge in [0.25, 0.3) is 5.56 Å². The quantitative estimate of drug-likeness (QED) is 0.396. The average Bonchev–Trinajstić information content (AvgIpc) is 3.28. The van der Waals surface area contributed by atoms with Crippen molar-refractivity contribution in [3.05, 3.63) is 118 Å².